The lowest BCUT2D eigenvalue weighted by Gasteiger charge is -2.36. The van der Waals surface area contributed by atoms with Gasteiger partial charge in [0.2, 0.25) is 0 Å². The van der Waals surface area contributed by atoms with Crippen LogP contribution in [0, 0.1) is 0 Å². The third-order valence-corrected chi connectivity index (χ3v) is 5.21. The quantitative estimate of drug-likeness (QED) is 0.598. The number of rotatable bonds is 7. The molecule has 0 radical (unpaired) electrons. The van der Waals surface area contributed by atoms with Gasteiger partial charge in [-0.15, -0.1) is 0 Å². The van der Waals surface area contributed by atoms with E-state index < -0.39 is 0 Å². The summed E-state index contributed by atoms with van der Waals surface area (Å²) in [6, 6.07) is 9.39. The summed E-state index contributed by atoms with van der Waals surface area (Å²) in [7, 11) is 4.32. The van der Waals surface area contributed by atoms with Gasteiger partial charge in [-0.3, -0.25) is 9.89 Å². The highest BCUT2D eigenvalue weighted by molar-refractivity contribution is 5.79. The van der Waals surface area contributed by atoms with E-state index >= 15 is 0 Å². The molecule has 0 aromatic heterocycles. The van der Waals surface area contributed by atoms with E-state index in [0.29, 0.717) is 6.04 Å². The van der Waals surface area contributed by atoms with Gasteiger partial charge in [0, 0.05) is 52.4 Å². The Hall–Kier alpha value is -1.59. The predicted molar refractivity (Wildman–Crippen MR) is 112 cm³/mol. The highest BCUT2D eigenvalue weighted by Crippen LogP contribution is 2.09. The van der Waals surface area contributed by atoms with Gasteiger partial charge in [-0.25, -0.2) is 0 Å². The van der Waals surface area contributed by atoms with Crippen molar-refractivity contribution in [2.24, 2.45) is 4.99 Å². The molecule has 5 heteroatoms. The van der Waals surface area contributed by atoms with Gasteiger partial charge in [0.05, 0.1) is 6.54 Å². The van der Waals surface area contributed by atoms with Crippen LogP contribution in [-0.4, -0.2) is 80.1 Å². The summed E-state index contributed by atoms with van der Waals surface area (Å²) in [5.74, 6) is 0.994. The fourth-order valence-electron chi connectivity index (χ4n) is 3.30. The molecule has 1 aromatic carbocycles. The van der Waals surface area contributed by atoms with E-state index in [1.807, 2.05) is 0 Å². The maximum atomic E-state index is 4.91. The van der Waals surface area contributed by atoms with E-state index in [0.717, 1.165) is 58.2 Å². The van der Waals surface area contributed by atoms with Gasteiger partial charge in [0.1, 0.15) is 0 Å². The van der Waals surface area contributed by atoms with E-state index in [-0.39, 0.29) is 0 Å². The van der Waals surface area contributed by atoms with Crippen LogP contribution < -0.4 is 5.32 Å². The minimum Gasteiger partial charge on any atom is -0.357 e. The summed E-state index contributed by atoms with van der Waals surface area (Å²) < 4.78 is 0. The van der Waals surface area contributed by atoms with Gasteiger partial charge in [-0.05, 0) is 38.4 Å². The third kappa shape index (κ3) is 6.29. The maximum Gasteiger partial charge on any atom is 0.194 e. The normalized spacial score (nSPS) is 18.0. The Bertz CT molecular complexity index is 546. The zero-order valence-corrected chi connectivity index (χ0v) is 17.3. The first-order valence-electron chi connectivity index (χ1n) is 10.0. The number of likely N-dealkylation sites (N-methyl/N-ethyl adjacent to an activating group) is 1. The number of nitrogens with one attached hydrogen (secondary N) is 1. The van der Waals surface area contributed by atoms with Crippen molar-refractivity contribution in [1.29, 1.82) is 0 Å². The fourth-order valence-corrected chi connectivity index (χ4v) is 3.30. The zero-order valence-electron chi connectivity index (χ0n) is 17.3. The second-order valence-electron chi connectivity index (χ2n) is 7.41. The molecule has 0 spiro atoms. The average molecular weight is 360 g/mol. The molecule has 1 unspecified atom stereocenters. The predicted octanol–water partition coefficient (Wildman–Crippen LogP) is 2.28. The van der Waals surface area contributed by atoms with Crippen molar-refractivity contribution in [3.05, 3.63) is 35.4 Å². The van der Waals surface area contributed by atoms with Gasteiger partial charge in [-0.1, -0.05) is 31.2 Å². The second-order valence-corrected chi connectivity index (χ2v) is 7.41. The Labute approximate surface area is 160 Å². The fraction of sp³-hybridized carbons (Fsp3) is 0.667. The van der Waals surface area contributed by atoms with Crippen LogP contribution in [0.2, 0.25) is 0 Å². The van der Waals surface area contributed by atoms with Crippen molar-refractivity contribution in [3.63, 3.8) is 0 Å². The Balaban J connectivity index is 1.93. The van der Waals surface area contributed by atoms with Gasteiger partial charge in [-0.2, -0.15) is 0 Å². The summed E-state index contributed by atoms with van der Waals surface area (Å²) in [5, 5.41) is 3.44. The molecule has 2 rings (SSSR count). The van der Waals surface area contributed by atoms with Crippen molar-refractivity contribution in [2.75, 3.05) is 53.4 Å². The standard InChI is InChI=1S/C21H37N5/c1-6-19-8-10-20(11-9-19)17-25(5)21(22-7-2)23-16-18(3)26-14-12-24(4)13-15-26/h8-11,18H,6-7,12-17H2,1-5H3,(H,22,23). The number of hydrogen-bond acceptors (Lipinski definition) is 3. The molecule has 1 aliphatic heterocycles. The molecule has 1 fully saturated rings. The van der Waals surface area contributed by atoms with Crippen molar-refractivity contribution >= 4 is 5.96 Å². The molecule has 146 valence electrons. The van der Waals surface area contributed by atoms with E-state index in [1.54, 1.807) is 0 Å². The molecule has 0 saturated carbocycles. The maximum absolute atomic E-state index is 4.91. The molecular formula is C21H37N5. The number of nitrogens with zero attached hydrogens (tertiary/aromatic N) is 4. The number of aryl methyl sites for hydroxylation is 1. The molecule has 5 nitrogen and oxygen atoms in total. The molecule has 1 N–H and O–H groups in total. The minimum absolute atomic E-state index is 0.481. The topological polar surface area (TPSA) is 34.1 Å². The summed E-state index contributed by atoms with van der Waals surface area (Å²) in [6.45, 7) is 13.8. The second kappa shape index (κ2) is 10.5. The monoisotopic (exact) mass is 359 g/mol. The van der Waals surface area contributed by atoms with Crippen molar-refractivity contribution in [2.45, 2.75) is 39.8 Å². The first-order valence-corrected chi connectivity index (χ1v) is 10.0. The number of aliphatic imine (C=N–C) groups is 1. The van der Waals surface area contributed by atoms with Gasteiger partial charge in [0.15, 0.2) is 5.96 Å². The van der Waals surface area contributed by atoms with Crippen LogP contribution in [0.5, 0.6) is 0 Å². The Morgan fingerprint density at radius 3 is 2.31 bits per heavy atom. The molecule has 0 amide bonds. The van der Waals surface area contributed by atoms with E-state index in [4.69, 9.17) is 4.99 Å². The number of benzene rings is 1. The van der Waals surface area contributed by atoms with Crippen LogP contribution >= 0.6 is 0 Å². The molecule has 1 aliphatic rings. The van der Waals surface area contributed by atoms with Crippen molar-refractivity contribution in [1.82, 2.24) is 20.0 Å². The van der Waals surface area contributed by atoms with E-state index in [2.05, 4.69) is 79.1 Å². The highest BCUT2D eigenvalue weighted by Gasteiger charge is 2.19. The number of guanidine groups is 1. The minimum atomic E-state index is 0.481. The molecule has 1 aromatic rings. The van der Waals surface area contributed by atoms with Crippen LogP contribution in [0.3, 0.4) is 0 Å². The van der Waals surface area contributed by atoms with Crippen LogP contribution in [0.1, 0.15) is 31.9 Å². The molecule has 26 heavy (non-hydrogen) atoms. The first-order chi connectivity index (χ1) is 12.5. The van der Waals surface area contributed by atoms with Gasteiger partial charge < -0.3 is 15.1 Å². The van der Waals surface area contributed by atoms with Crippen molar-refractivity contribution < 1.29 is 0 Å². The summed E-state index contributed by atoms with van der Waals surface area (Å²) >= 11 is 0. The number of hydrogen-bond donors (Lipinski definition) is 1. The van der Waals surface area contributed by atoms with Crippen LogP contribution in [-0.2, 0) is 13.0 Å². The van der Waals surface area contributed by atoms with Gasteiger partial charge >= 0.3 is 0 Å². The molecule has 0 aliphatic carbocycles. The summed E-state index contributed by atoms with van der Waals surface area (Å²) in [5.41, 5.74) is 2.71. The largest absolute Gasteiger partial charge is 0.357 e. The molecule has 0 bridgehead atoms. The van der Waals surface area contributed by atoms with Crippen LogP contribution in [0.15, 0.2) is 29.3 Å². The lowest BCUT2D eigenvalue weighted by Crippen LogP contribution is -2.49. The molecule has 1 saturated heterocycles. The van der Waals surface area contributed by atoms with Crippen LogP contribution in [0.25, 0.3) is 0 Å². The molecule has 1 heterocycles. The van der Waals surface area contributed by atoms with E-state index in [1.165, 1.54) is 11.1 Å². The highest BCUT2D eigenvalue weighted by atomic mass is 15.3. The lowest BCUT2D eigenvalue weighted by molar-refractivity contribution is 0.122. The third-order valence-electron chi connectivity index (χ3n) is 5.21. The van der Waals surface area contributed by atoms with Crippen LogP contribution in [0.4, 0.5) is 0 Å². The SMILES string of the molecule is CCNC(=NCC(C)N1CCN(C)CC1)N(C)Cc1ccc(CC)cc1. The first kappa shape index (κ1) is 20.7. The Morgan fingerprint density at radius 1 is 1.12 bits per heavy atom. The summed E-state index contributed by atoms with van der Waals surface area (Å²) in [4.78, 5) is 12.1. The smallest absolute Gasteiger partial charge is 0.194 e. The van der Waals surface area contributed by atoms with Gasteiger partial charge in [0.25, 0.3) is 0 Å². The van der Waals surface area contributed by atoms with Crippen molar-refractivity contribution in [3.8, 4) is 0 Å². The zero-order chi connectivity index (χ0) is 18.9. The Kier molecular flexibility index (Phi) is 8.39. The molecular weight excluding hydrogens is 322 g/mol. The summed E-state index contributed by atoms with van der Waals surface area (Å²) in [6.07, 6.45) is 1.09. The van der Waals surface area contributed by atoms with E-state index in [9.17, 15) is 0 Å². The lowest BCUT2D eigenvalue weighted by atomic mass is 10.1. The number of piperazine rings is 1. The molecule has 1 atom stereocenters. The average Bonchev–Trinajstić information content (AvgIpc) is 2.66. The Morgan fingerprint density at radius 2 is 1.73 bits per heavy atom.